The van der Waals surface area contributed by atoms with Crippen LogP contribution in [0.2, 0.25) is 0 Å². The van der Waals surface area contributed by atoms with Crippen LogP contribution in [0.1, 0.15) is 38.5 Å². The highest BCUT2D eigenvalue weighted by molar-refractivity contribution is 4.93. The Kier molecular flexibility index (Phi) is 5.42. The fourth-order valence-electron chi connectivity index (χ4n) is 3.30. The van der Waals surface area contributed by atoms with Gasteiger partial charge in [0, 0.05) is 19.8 Å². The second-order valence-corrected chi connectivity index (χ2v) is 5.72. The number of methoxy groups -OCH3 is 1. The first-order valence-electron chi connectivity index (χ1n) is 7.22. The zero-order valence-electron chi connectivity index (χ0n) is 11.5. The number of rotatable bonds is 6. The summed E-state index contributed by atoms with van der Waals surface area (Å²) in [6.45, 7) is 2.80. The van der Waals surface area contributed by atoms with Gasteiger partial charge in [0.15, 0.2) is 0 Å². The summed E-state index contributed by atoms with van der Waals surface area (Å²) < 4.78 is 16.5. The van der Waals surface area contributed by atoms with Crippen LogP contribution >= 0.6 is 0 Å². The van der Waals surface area contributed by atoms with Crippen molar-refractivity contribution in [3.8, 4) is 0 Å². The van der Waals surface area contributed by atoms with Crippen molar-refractivity contribution in [2.24, 2.45) is 11.7 Å². The first-order chi connectivity index (χ1) is 8.76. The summed E-state index contributed by atoms with van der Waals surface area (Å²) in [6.07, 6.45) is 7.28. The molecule has 1 aliphatic heterocycles. The molecule has 2 N–H and O–H groups in total. The minimum absolute atomic E-state index is 0.142. The molecule has 2 fully saturated rings. The normalized spacial score (nSPS) is 28.7. The Bertz CT molecular complexity index is 241. The van der Waals surface area contributed by atoms with E-state index in [0.717, 1.165) is 19.4 Å². The van der Waals surface area contributed by atoms with Crippen LogP contribution in [-0.2, 0) is 14.2 Å². The number of nitrogens with two attached hydrogens (primary N) is 1. The lowest BCUT2D eigenvalue weighted by Gasteiger charge is -2.40. The van der Waals surface area contributed by atoms with Crippen LogP contribution in [0.4, 0.5) is 0 Å². The lowest BCUT2D eigenvalue weighted by molar-refractivity contribution is -0.0998. The van der Waals surface area contributed by atoms with Crippen LogP contribution in [0.3, 0.4) is 0 Å². The van der Waals surface area contributed by atoms with Gasteiger partial charge in [-0.1, -0.05) is 12.8 Å². The third kappa shape index (κ3) is 3.67. The summed E-state index contributed by atoms with van der Waals surface area (Å²) in [6, 6.07) is 0.142. The van der Waals surface area contributed by atoms with Crippen LogP contribution in [0.5, 0.6) is 0 Å². The monoisotopic (exact) mass is 257 g/mol. The Balaban J connectivity index is 1.74. The van der Waals surface area contributed by atoms with Gasteiger partial charge in [-0.15, -0.1) is 0 Å². The van der Waals surface area contributed by atoms with Gasteiger partial charge in [0.2, 0.25) is 0 Å². The van der Waals surface area contributed by atoms with Gasteiger partial charge in [-0.05, 0) is 31.6 Å². The average molecular weight is 257 g/mol. The Hall–Kier alpha value is -0.160. The molecule has 2 aliphatic rings. The van der Waals surface area contributed by atoms with Crippen molar-refractivity contribution >= 4 is 0 Å². The average Bonchev–Trinajstić information content (AvgIpc) is 2.82. The quantitative estimate of drug-likeness (QED) is 0.736. The molecule has 4 heteroatoms. The Labute approximate surface area is 110 Å². The van der Waals surface area contributed by atoms with Gasteiger partial charge in [-0.2, -0.15) is 0 Å². The summed E-state index contributed by atoms with van der Waals surface area (Å²) >= 11 is 0. The number of hydrogen-bond donors (Lipinski definition) is 1. The van der Waals surface area contributed by atoms with E-state index in [1.54, 1.807) is 7.11 Å². The molecule has 0 aromatic heterocycles. The van der Waals surface area contributed by atoms with Crippen molar-refractivity contribution in [1.82, 2.24) is 0 Å². The van der Waals surface area contributed by atoms with Crippen molar-refractivity contribution in [1.29, 1.82) is 0 Å². The standard InChI is InChI=1S/C14H27NO3/c1-16-8-9-17-11-13(15)12-4-7-18-14(10-12)5-2-3-6-14/h12-13H,2-11,15H2,1H3. The first kappa shape index (κ1) is 14.3. The van der Waals surface area contributed by atoms with E-state index in [1.165, 1.54) is 25.7 Å². The predicted octanol–water partition coefficient (Wildman–Crippen LogP) is 1.72. The minimum Gasteiger partial charge on any atom is -0.382 e. The highest BCUT2D eigenvalue weighted by Gasteiger charge is 2.41. The molecular formula is C14H27NO3. The summed E-state index contributed by atoms with van der Waals surface area (Å²) in [5, 5.41) is 0. The molecule has 2 unspecified atom stereocenters. The van der Waals surface area contributed by atoms with E-state index in [4.69, 9.17) is 19.9 Å². The molecule has 0 amide bonds. The first-order valence-corrected chi connectivity index (χ1v) is 7.22. The van der Waals surface area contributed by atoms with Crippen LogP contribution in [0.25, 0.3) is 0 Å². The van der Waals surface area contributed by atoms with Crippen molar-refractivity contribution in [2.45, 2.75) is 50.2 Å². The molecule has 4 nitrogen and oxygen atoms in total. The molecule has 2 rings (SSSR count). The van der Waals surface area contributed by atoms with E-state index in [0.29, 0.717) is 25.7 Å². The molecule has 1 saturated carbocycles. The van der Waals surface area contributed by atoms with Crippen molar-refractivity contribution in [2.75, 3.05) is 33.5 Å². The topological polar surface area (TPSA) is 53.7 Å². The van der Waals surface area contributed by atoms with Crippen LogP contribution in [0.15, 0.2) is 0 Å². The third-order valence-electron chi connectivity index (χ3n) is 4.39. The lowest BCUT2D eigenvalue weighted by atomic mass is 9.81. The van der Waals surface area contributed by atoms with E-state index >= 15 is 0 Å². The summed E-state index contributed by atoms with van der Waals surface area (Å²) in [5.41, 5.74) is 6.42. The third-order valence-corrected chi connectivity index (χ3v) is 4.39. The molecule has 1 saturated heterocycles. The molecule has 18 heavy (non-hydrogen) atoms. The maximum Gasteiger partial charge on any atom is 0.0701 e. The fraction of sp³-hybridized carbons (Fsp3) is 1.00. The zero-order valence-corrected chi connectivity index (χ0v) is 11.5. The molecule has 0 aromatic rings. The van der Waals surface area contributed by atoms with E-state index in [2.05, 4.69) is 0 Å². The van der Waals surface area contributed by atoms with Gasteiger partial charge in [0.25, 0.3) is 0 Å². The Morgan fingerprint density at radius 2 is 2.11 bits per heavy atom. The van der Waals surface area contributed by atoms with Crippen molar-refractivity contribution in [3.05, 3.63) is 0 Å². The van der Waals surface area contributed by atoms with Crippen LogP contribution < -0.4 is 5.73 Å². The second kappa shape index (κ2) is 6.85. The van der Waals surface area contributed by atoms with E-state index < -0.39 is 0 Å². The summed E-state index contributed by atoms with van der Waals surface area (Å²) in [5.74, 6) is 0.555. The highest BCUT2D eigenvalue weighted by Crippen LogP contribution is 2.42. The smallest absolute Gasteiger partial charge is 0.0701 e. The Morgan fingerprint density at radius 1 is 1.33 bits per heavy atom. The largest absolute Gasteiger partial charge is 0.382 e. The van der Waals surface area contributed by atoms with Crippen molar-refractivity contribution < 1.29 is 14.2 Å². The maximum absolute atomic E-state index is 6.26. The fourth-order valence-corrected chi connectivity index (χ4v) is 3.30. The molecule has 106 valence electrons. The van der Waals surface area contributed by atoms with E-state index in [1.807, 2.05) is 0 Å². The number of ether oxygens (including phenoxy) is 3. The zero-order chi connectivity index (χ0) is 12.8. The van der Waals surface area contributed by atoms with Crippen LogP contribution in [-0.4, -0.2) is 45.2 Å². The minimum atomic E-state index is 0.142. The van der Waals surface area contributed by atoms with Crippen LogP contribution in [0, 0.1) is 5.92 Å². The summed E-state index contributed by atoms with van der Waals surface area (Å²) in [4.78, 5) is 0. The molecule has 0 bridgehead atoms. The molecular weight excluding hydrogens is 230 g/mol. The van der Waals surface area contributed by atoms with Gasteiger partial charge in [0.1, 0.15) is 0 Å². The summed E-state index contributed by atoms with van der Waals surface area (Å²) in [7, 11) is 1.69. The van der Waals surface area contributed by atoms with Gasteiger partial charge >= 0.3 is 0 Å². The van der Waals surface area contributed by atoms with Gasteiger partial charge < -0.3 is 19.9 Å². The molecule has 1 spiro atoms. The van der Waals surface area contributed by atoms with Gasteiger partial charge in [-0.3, -0.25) is 0 Å². The van der Waals surface area contributed by atoms with Crippen molar-refractivity contribution in [3.63, 3.8) is 0 Å². The lowest BCUT2D eigenvalue weighted by Crippen LogP contribution is -2.45. The maximum atomic E-state index is 6.26. The second-order valence-electron chi connectivity index (χ2n) is 5.72. The molecule has 0 aromatic carbocycles. The molecule has 0 radical (unpaired) electrons. The SMILES string of the molecule is COCCOCC(N)C1CCOC2(CCCC2)C1. The van der Waals surface area contributed by atoms with Gasteiger partial charge in [0.05, 0.1) is 25.4 Å². The molecule has 1 aliphatic carbocycles. The highest BCUT2D eigenvalue weighted by atomic mass is 16.5. The molecule has 1 heterocycles. The Morgan fingerprint density at radius 3 is 2.83 bits per heavy atom. The van der Waals surface area contributed by atoms with E-state index in [9.17, 15) is 0 Å². The van der Waals surface area contributed by atoms with E-state index in [-0.39, 0.29) is 11.6 Å². The van der Waals surface area contributed by atoms with Gasteiger partial charge in [-0.25, -0.2) is 0 Å². The number of hydrogen-bond acceptors (Lipinski definition) is 4. The predicted molar refractivity (Wildman–Crippen MR) is 70.5 cm³/mol. The molecule has 2 atom stereocenters.